The first kappa shape index (κ1) is 19.2. The molecule has 4 rings (SSSR count). The van der Waals surface area contributed by atoms with Crippen LogP contribution in [-0.2, 0) is 4.74 Å². The van der Waals surface area contributed by atoms with Crippen molar-refractivity contribution >= 4 is 34.5 Å². The Morgan fingerprint density at radius 3 is 2.57 bits per heavy atom. The third kappa shape index (κ3) is 3.88. The van der Waals surface area contributed by atoms with Gasteiger partial charge >= 0.3 is 6.09 Å². The van der Waals surface area contributed by atoms with E-state index in [-0.39, 0.29) is 17.7 Å². The number of hydrogen-bond acceptors (Lipinski definition) is 5. The molecule has 0 radical (unpaired) electrons. The molecule has 28 heavy (non-hydrogen) atoms. The van der Waals surface area contributed by atoms with Gasteiger partial charge in [0.05, 0.1) is 17.1 Å². The molecule has 2 fully saturated rings. The molecule has 0 spiro atoms. The summed E-state index contributed by atoms with van der Waals surface area (Å²) in [5.41, 5.74) is 1.03. The molecular formula is C21H27ClN4O2. The predicted molar refractivity (Wildman–Crippen MR) is 111 cm³/mol. The predicted octanol–water partition coefficient (Wildman–Crippen LogP) is 4.65. The Hall–Kier alpha value is -2.08. The molecule has 1 saturated carbocycles. The van der Waals surface area contributed by atoms with Crippen LogP contribution in [0, 0.1) is 0 Å². The Morgan fingerprint density at radius 1 is 1.21 bits per heavy atom. The molecule has 1 aliphatic heterocycles. The minimum absolute atomic E-state index is 0.0828. The molecule has 0 bridgehead atoms. The Morgan fingerprint density at radius 2 is 1.89 bits per heavy atom. The molecule has 3 heterocycles. The molecule has 2 aliphatic rings. The van der Waals surface area contributed by atoms with E-state index in [1.807, 2.05) is 43.9 Å². The molecular weight excluding hydrogens is 376 g/mol. The van der Waals surface area contributed by atoms with Gasteiger partial charge in [0.25, 0.3) is 0 Å². The molecule has 1 unspecified atom stereocenters. The van der Waals surface area contributed by atoms with Gasteiger partial charge in [-0.2, -0.15) is 0 Å². The van der Waals surface area contributed by atoms with Gasteiger partial charge in [0.1, 0.15) is 16.6 Å². The lowest BCUT2D eigenvalue weighted by molar-refractivity contribution is 0.00540. The molecule has 7 heteroatoms. The molecule has 0 N–H and O–H groups in total. The van der Waals surface area contributed by atoms with Crippen LogP contribution < -0.4 is 4.90 Å². The number of nitrogens with zero attached hydrogens (tertiary/aromatic N) is 4. The second-order valence-electron chi connectivity index (χ2n) is 9.08. The molecule has 1 atom stereocenters. The number of pyridine rings is 2. The summed E-state index contributed by atoms with van der Waals surface area (Å²) in [6, 6.07) is 7.70. The summed E-state index contributed by atoms with van der Waals surface area (Å²) in [6.45, 7) is 9.52. The molecule has 1 aliphatic carbocycles. The summed E-state index contributed by atoms with van der Waals surface area (Å²) in [5, 5.41) is 0.467. The monoisotopic (exact) mass is 402 g/mol. The van der Waals surface area contributed by atoms with Crippen LogP contribution in [0.4, 0.5) is 10.6 Å². The van der Waals surface area contributed by atoms with Gasteiger partial charge in [-0.1, -0.05) is 11.6 Å². The van der Waals surface area contributed by atoms with Crippen LogP contribution in [0.5, 0.6) is 0 Å². The minimum Gasteiger partial charge on any atom is -0.444 e. The van der Waals surface area contributed by atoms with E-state index in [2.05, 4.69) is 16.8 Å². The lowest BCUT2D eigenvalue weighted by atomic mass is 10.1. The average Bonchev–Trinajstić information content (AvgIpc) is 3.15. The van der Waals surface area contributed by atoms with Gasteiger partial charge in [0.15, 0.2) is 0 Å². The first-order valence-electron chi connectivity index (χ1n) is 9.85. The average molecular weight is 403 g/mol. The summed E-state index contributed by atoms with van der Waals surface area (Å²) in [4.78, 5) is 26.2. The van der Waals surface area contributed by atoms with Gasteiger partial charge in [-0.15, -0.1) is 0 Å². The van der Waals surface area contributed by atoms with E-state index in [1.165, 1.54) is 0 Å². The van der Waals surface area contributed by atoms with Crippen LogP contribution in [0.15, 0.2) is 24.3 Å². The Bertz CT molecular complexity index is 907. The number of fused-ring (bicyclic) bond motifs is 1. The van der Waals surface area contributed by atoms with E-state index in [1.54, 1.807) is 6.07 Å². The third-order valence-corrected chi connectivity index (χ3v) is 5.70. The Labute approximate surface area is 170 Å². The first-order valence-corrected chi connectivity index (χ1v) is 10.2. The van der Waals surface area contributed by atoms with Crippen molar-refractivity contribution in [2.75, 3.05) is 18.0 Å². The SMILES string of the molecule is CC(C)(C)OC(=O)N(C1CCN(c2ccc3nc(Cl)ccc3n2)C1)C1(C)CC1. The summed E-state index contributed by atoms with van der Waals surface area (Å²) in [7, 11) is 0. The fourth-order valence-corrected chi connectivity index (χ4v) is 4.01. The van der Waals surface area contributed by atoms with E-state index < -0.39 is 5.60 Å². The molecule has 150 valence electrons. The number of anilines is 1. The Balaban J connectivity index is 1.53. The van der Waals surface area contributed by atoms with Crippen LogP contribution in [-0.4, -0.2) is 51.2 Å². The third-order valence-electron chi connectivity index (χ3n) is 5.49. The largest absolute Gasteiger partial charge is 0.444 e. The Kier molecular flexibility index (Phi) is 4.65. The first-order chi connectivity index (χ1) is 13.1. The van der Waals surface area contributed by atoms with Gasteiger partial charge in [-0.3, -0.25) is 4.90 Å². The molecule has 2 aromatic rings. The van der Waals surface area contributed by atoms with Gasteiger partial charge in [-0.25, -0.2) is 14.8 Å². The summed E-state index contributed by atoms with van der Waals surface area (Å²) in [6.07, 6.45) is 2.77. The highest BCUT2D eigenvalue weighted by molar-refractivity contribution is 6.29. The number of aromatic nitrogens is 2. The van der Waals surface area contributed by atoms with E-state index in [4.69, 9.17) is 21.3 Å². The molecule has 2 aromatic heterocycles. The standard InChI is InChI=1S/C21H27ClN4O2/c1-20(2,3)28-19(27)26(21(4)10-11-21)14-9-12-25(13-14)18-8-6-15-16(24-18)5-7-17(22)23-15/h5-8,14H,9-13H2,1-4H3. The molecule has 1 saturated heterocycles. The zero-order chi connectivity index (χ0) is 20.1. The molecule has 6 nitrogen and oxygen atoms in total. The molecule has 0 aromatic carbocycles. The van der Waals surface area contributed by atoms with Crippen molar-refractivity contribution in [3.63, 3.8) is 0 Å². The maximum atomic E-state index is 12.9. The van der Waals surface area contributed by atoms with Gasteiger partial charge in [0.2, 0.25) is 0 Å². The van der Waals surface area contributed by atoms with Gasteiger partial charge in [-0.05, 0) is 71.2 Å². The van der Waals surface area contributed by atoms with Crippen LogP contribution >= 0.6 is 11.6 Å². The van der Waals surface area contributed by atoms with Gasteiger partial charge in [0, 0.05) is 18.6 Å². The zero-order valence-electron chi connectivity index (χ0n) is 16.9. The zero-order valence-corrected chi connectivity index (χ0v) is 17.7. The maximum absolute atomic E-state index is 12.9. The normalized spacial score (nSPS) is 21.0. The lowest BCUT2D eigenvalue weighted by Gasteiger charge is -2.36. The fourth-order valence-electron chi connectivity index (χ4n) is 3.85. The number of carbonyl (C=O) groups is 1. The number of hydrogen-bond donors (Lipinski definition) is 0. The van der Waals surface area contributed by atoms with Crippen LogP contribution in [0.25, 0.3) is 11.0 Å². The number of rotatable bonds is 3. The summed E-state index contributed by atoms with van der Waals surface area (Å²) < 4.78 is 5.72. The number of carbonyl (C=O) groups excluding carboxylic acids is 1. The van der Waals surface area contributed by atoms with Crippen molar-refractivity contribution in [2.45, 2.75) is 64.1 Å². The van der Waals surface area contributed by atoms with E-state index in [9.17, 15) is 4.79 Å². The topological polar surface area (TPSA) is 58.6 Å². The highest BCUT2D eigenvalue weighted by Gasteiger charge is 2.51. The fraction of sp³-hybridized carbons (Fsp3) is 0.571. The van der Waals surface area contributed by atoms with Crippen molar-refractivity contribution in [3.8, 4) is 0 Å². The van der Waals surface area contributed by atoms with E-state index >= 15 is 0 Å². The second kappa shape index (κ2) is 6.76. The van der Waals surface area contributed by atoms with Crippen molar-refractivity contribution in [1.29, 1.82) is 0 Å². The van der Waals surface area contributed by atoms with Crippen LogP contribution in [0.1, 0.15) is 47.0 Å². The highest BCUT2D eigenvalue weighted by Crippen LogP contribution is 2.44. The van der Waals surface area contributed by atoms with Gasteiger partial charge < -0.3 is 9.64 Å². The van der Waals surface area contributed by atoms with Crippen molar-refractivity contribution < 1.29 is 9.53 Å². The minimum atomic E-state index is -0.493. The number of amides is 1. The van der Waals surface area contributed by atoms with Crippen molar-refractivity contribution in [2.24, 2.45) is 0 Å². The lowest BCUT2D eigenvalue weighted by Crippen LogP contribution is -2.50. The smallest absolute Gasteiger partial charge is 0.411 e. The van der Waals surface area contributed by atoms with Crippen molar-refractivity contribution in [1.82, 2.24) is 14.9 Å². The van der Waals surface area contributed by atoms with Crippen LogP contribution in [0.3, 0.4) is 0 Å². The van der Waals surface area contributed by atoms with Crippen molar-refractivity contribution in [3.05, 3.63) is 29.4 Å². The van der Waals surface area contributed by atoms with E-state index in [0.717, 1.165) is 49.2 Å². The van der Waals surface area contributed by atoms with Crippen LogP contribution in [0.2, 0.25) is 5.15 Å². The molecule has 1 amide bonds. The van der Waals surface area contributed by atoms with E-state index in [0.29, 0.717) is 5.15 Å². The highest BCUT2D eigenvalue weighted by atomic mass is 35.5. The summed E-state index contributed by atoms with van der Waals surface area (Å²) in [5.74, 6) is 0.907. The second-order valence-corrected chi connectivity index (χ2v) is 9.46. The maximum Gasteiger partial charge on any atom is 0.411 e. The number of halogens is 1. The quantitative estimate of drug-likeness (QED) is 0.699. The number of ether oxygens (including phenoxy) is 1. The summed E-state index contributed by atoms with van der Waals surface area (Å²) >= 11 is 5.96.